The van der Waals surface area contributed by atoms with Crippen molar-refractivity contribution >= 4 is 17.3 Å². The van der Waals surface area contributed by atoms with Crippen LogP contribution in [0.5, 0.6) is 0 Å². The fourth-order valence-corrected chi connectivity index (χ4v) is 1.99. The third kappa shape index (κ3) is 2.17. The standard InChI is InChI=1S/C12H10ClN5O/c1-18-3-2-15-11(18)10-16-12(19-17-10)7-4-8(13)6-9(14)5-7/h2-6H,14H2,1H3. The van der Waals surface area contributed by atoms with Crippen LogP contribution in [0.15, 0.2) is 35.1 Å². The highest BCUT2D eigenvalue weighted by molar-refractivity contribution is 6.31. The van der Waals surface area contributed by atoms with E-state index >= 15 is 0 Å². The fraction of sp³-hybridized carbons (Fsp3) is 0.0833. The predicted octanol–water partition coefficient (Wildman–Crippen LogP) is 2.37. The summed E-state index contributed by atoms with van der Waals surface area (Å²) in [6.07, 6.45) is 3.48. The van der Waals surface area contributed by atoms with E-state index in [0.29, 0.717) is 33.8 Å². The number of nitrogens with zero attached hydrogens (tertiary/aromatic N) is 4. The Bertz CT molecular complexity index is 713. The summed E-state index contributed by atoms with van der Waals surface area (Å²) in [5.41, 5.74) is 6.95. The molecule has 0 spiro atoms. The molecule has 1 aromatic carbocycles. The molecule has 0 saturated heterocycles. The van der Waals surface area contributed by atoms with E-state index < -0.39 is 0 Å². The molecule has 2 heterocycles. The first-order valence-electron chi connectivity index (χ1n) is 5.51. The zero-order valence-corrected chi connectivity index (χ0v) is 10.8. The van der Waals surface area contributed by atoms with Crippen molar-refractivity contribution in [3.8, 4) is 23.1 Å². The Balaban J connectivity index is 2.04. The number of aromatic nitrogens is 4. The third-order valence-corrected chi connectivity index (χ3v) is 2.83. The van der Waals surface area contributed by atoms with Crippen molar-refractivity contribution in [3.05, 3.63) is 35.6 Å². The Morgan fingerprint density at radius 3 is 2.84 bits per heavy atom. The molecule has 0 aliphatic rings. The highest BCUT2D eigenvalue weighted by atomic mass is 35.5. The quantitative estimate of drug-likeness (QED) is 0.726. The SMILES string of the molecule is Cn1ccnc1-c1noc(-c2cc(N)cc(Cl)c2)n1. The number of imidazole rings is 1. The maximum absolute atomic E-state index is 5.95. The number of benzene rings is 1. The minimum absolute atomic E-state index is 0.354. The van der Waals surface area contributed by atoms with E-state index in [-0.39, 0.29) is 0 Å². The minimum Gasteiger partial charge on any atom is -0.399 e. The normalized spacial score (nSPS) is 10.8. The summed E-state index contributed by atoms with van der Waals surface area (Å²) >= 11 is 5.95. The molecular formula is C12H10ClN5O. The largest absolute Gasteiger partial charge is 0.399 e. The lowest BCUT2D eigenvalue weighted by atomic mass is 10.2. The van der Waals surface area contributed by atoms with Gasteiger partial charge in [0.2, 0.25) is 5.82 Å². The van der Waals surface area contributed by atoms with Crippen LogP contribution in [0.2, 0.25) is 5.02 Å². The predicted molar refractivity (Wildman–Crippen MR) is 71.4 cm³/mol. The Labute approximate surface area is 113 Å². The molecule has 0 aliphatic carbocycles. The summed E-state index contributed by atoms with van der Waals surface area (Å²) < 4.78 is 7.02. The summed E-state index contributed by atoms with van der Waals surface area (Å²) in [4.78, 5) is 8.45. The molecule has 3 rings (SSSR count). The molecule has 0 unspecified atom stereocenters. The number of aryl methyl sites for hydroxylation is 1. The van der Waals surface area contributed by atoms with Gasteiger partial charge in [0.25, 0.3) is 5.89 Å². The van der Waals surface area contributed by atoms with Gasteiger partial charge in [0.1, 0.15) is 0 Å². The van der Waals surface area contributed by atoms with E-state index in [1.165, 1.54) is 0 Å². The maximum atomic E-state index is 5.95. The van der Waals surface area contributed by atoms with E-state index in [2.05, 4.69) is 15.1 Å². The summed E-state index contributed by atoms with van der Waals surface area (Å²) in [6.45, 7) is 0. The number of rotatable bonds is 2. The molecule has 0 fully saturated rings. The van der Waals surface area contributed by atoms with Crippen molar-refractivity contribution in [2.24, 2.45) is 7.05 Å². The van der Waals surface area contributed by atoms with E-state index in [1.54, 1.807) is 29.0 Å². The molecule has 19 heavy (non-hydrogen) atoms. The zero-order valence-electron chi connectivity index (χ0n) is 10.0. The van der Waals surface area contributed by atoms with Gasteiger partial charge in [0.05, 0.1) is 0 Å². The molecule has 2 N–H and O–H groups in total. The molecule has 0 amide bonds. The van der Waals surface area contributed by atoms with Crippen molar-refractivity contribution in [3.63, 3.8) is 0 Å². The molecule has 0 atom stereocenters. The van der Waals surface area contributed by atoms with Gasteiger partial charge >= 0.3 is 0 Å². The summed E-state index contributed by atoms with van der Waals surface area (Å²) in [7, 11) is 1.86. The number of anilines is 1. The van der Waals surface area contributed by atoms with Crippen LogP contribution >= 0.6 is 11.6 Å². The van der Waals surface area contributed by atoms with Crippen LogP contribution in [0.1, 0.15) is 0 Å². The smallest absolute Gasteiger partial charge is 0.258 e. The molecule has 0 bridgehead atoms. The van der Waals surface area contributed by atoms with Crippen molar-refractivity contribution in [2.45, 2.75) is 0 Å². The van der Waals surface area contributed by atoms with E-state index in [0.717, 1.165) is 0 Å². The molecule has 3 aromatic rings. The lowest BCUT2D eigenvalue weighted by Gasteiger charge is -1.98. The topological polar surface area (TPSA) is 82.8 Å². The van der Waals surface area contributed by atoms with Crippen LogP contribution in [0, 0.1) is 0 Å². The average Bonchev–Trinajstić information content (AvgIpc) is 2.95. The van der Waals surface area contributed by atoms with Gasteiger partial charge in [-0.2, -0.15) is 4.98 Å². The van der Waals surface area contributed by atoms with Crippen LogP contribution < -0.4 is 5.73 Å². The van der Waals surface area contributed by atoms with Crippen LogP contribution in [0.4, 0.5) is 5.69 Å². The third-order valence-electron chi connectivity index (χ3n) is 2.61. The Kier molecular flexibility index (Phi) is 2.72. The summed E-state index contributed by atoms with van der Waals surface area (Å²) in [6, 6.07) is 5.09. The lowest BCUT2D eigenvalue weighted by molar-refractivity contribution is 0.431. The Morgan fingerprint density at radius 1 is 1.32 bits per heavy atom. The first-order chi connectivity index (χ1) is 9.13. The van der Waals surface area contributed by atoms with Gasteiger partial charge in [0, 0.05) is 35.7 Å². The second-order valence-corrected chi connectivity index (χ2v) is 4.49. The zero-order chi connectivity index (χ0) is 13.4. The van der Waals surface area contributed by atoms with Gasteiger partial charge in [-0.1, -0.05) is 16.8 Å². The van der Waals surface area contributed by atoms with Gasteiger partial charge in [-0.15, -0.1) is 0 Å². The maximum Gasteiger partial charge on any atom is 0.258 e. The number of hydrogen-bond donors (Lipinski definition) is 1. The molecule has 0 aliphatic heterocycles. The minimum atomic E-state index is 0.354. The van der Waals surface area contributed by atoms with Gasteiger partial charge in [-0.05, 0) is 18.2 Å². The van der Waals surface area contributed by atoms with E-state index in [9.17, 15) is 0 Å². The first kappa shape index (κ1) is 11.7. The van der Waals surface area contributed by atoms with Crippen molar-refractivity contribution in [2.75, 3.05) is 5.73 Å². The Morgan fingerprint density at radius 2 is 2.16 bits per heavy atom. The van der Waals surface area contributed by atoms with Gasteiger partial charge in [-0.3, -0.25) is 0 Å². The van der Waals surface area contributed by atoms with E-state index in [4.69, 9.17) is 21.9 Å². The van der Waals surface area contributed by atoms with Crippen LogP contribution in [-0.2, 0) is 7.05 Å². The van der Waals surface area contributed by atoms with Crippen LogP contribution in [0.25, 0.3) is 23.1 Å². The molecular weight excluding hydrogens is 266 g/mol. The van der Waals surface area contributed by atoms with Gasteiger partial charge < -0.3 is 14.8 Å². The van der Waals surface area contributed by atoms with Gasteiger partial charge in [0.15, 0.2) is 5.82 Å². The molecule has 0 radical (unpaired) electrons. The first-order valence-corrected chi connectivity index (χ1v) is 5.89. The molecule has 7 heteroatoms. The molecule has 6 nitrogen and oxygen atoms in total. The second kappa shape index (κ2) is 4.40. The number of halogens is 1. The average molecular weight is 276 g/mol. The Hall–Kier alpha value is -2.34. The van der Waals surface area contributed by atoms with Crippen molar-refractivity contribution in [1.82, 2.24) is 19.7 Å². The second-order valence-electron chi connectivity index (χ2n) is 4.06. The molecule has 96 valence electrons. The fourth-order valence-electron chi connectivity index (χ4n) is 1.75. The molecule has 0 saturated carbocycles. The summed E-state index contributed by atoms with van der Waals surface area (Å²) in [5.74, 6) is 1.40. The summed E-state index contributed by atoms with van der Waals surface area (Å²) in [5, 5.41) is 4.42. The van der Waals surface area contributed by atoms with Crippen molar-refractivity contribution < 1.29 is 4.52 Å². The van der Waals surface area contributed by atoms with Crippen LogP contribution in [-0.4, -0.2) is 19.7 Å². The monoisotopic (exact) mass is 275 g/mol. The number of nitrogens with two attached hydrogens (primary N) is 1. The lowest BCUT2D eigenvalue weighted by Crippen LogP contribution is -1.92. The number of nitrogen functional groups attached to an aromatic ring is 1. The van der Waals surface area contributed by atoms with Gasteiger partial charge in [-0.25, -0.2) is 4.98 Å². The number of hydrogen-bond acceptors (Lipinski definition) is 5. The molecule has 2 aromatic heterocycles. The van der Waals surface area contributed by atoms with E-state index in [1.807, 2.05) is 13.2 Å². The van der Waals surface area contributed by atoms with Crippen LogP contribution in [0.3, 0.4) is 0 Å². The highest BCUT2D eigenvalue weighted by Gasteiger charge is 2.14. The highest BCUT2D eigenvalue weighted by Crippen LogP contribution is 2.26. The van der Waals surface area contributed by atoms with Crippen molar-refractivity contribution in [1.29, 1.82) is 0 Å².